The molecule has 2 aromatic rings. The Kier molecular flexibility index (Phi) is 7.57. The number of rotatable bonds is 4. The standard InChI is InChI=1S/C22H27N3S.2ClH/c1-2-6-15(5-1)23-17-9-11-19-21(13-17)26-22-14-18(10-12-20(22)25-19)24-16-7-3-4-8-16;;/h9-16,23-25H,1-8H2;2*1H. The van der Waals surface area contributed by atoms with Crippen LogP contribution < -0.4 is 40.8 Å². The lowest BCUT2D eigenvalue weighted by atomic mass is 10.2. The second kappa shape index (κ2) is 9.73. The van der Waals surface area contributed by atoms with E-state index in [-0.39, 0.29) is 24.8 Å². The summed E-state index contributed by atoms with van der Waals surface area (Å²) in [5.41, 5.74) is 5.28. The summed E-state index contributed by atoms with van der Waals surface area (Å²) in [6, 6.07) is 15.4. The Morgan fingerprint density at radius 1 is 0.679 bits per heavy atom. The van der Waals surface area contributed by atoms with Crippen LogP contribution in [-0.4, -0.2) is 12.1 Å². The largest absolute Gasteiger partial charge is 1.00 e. The molecule has 0 saturated heterocycles. The highest BCUT2D eigenvalue weighted by Gasteiger charge is 2.23. The number of quaternary nitrogens is 2. The van der Waals surface area contributed by atoms with Gasteiger partial charge in [-0.05, 0) is 63.5 Å². The Balaban J connectivity index is 0.00000112. The van der Waals surface area contributed by atoms with Crippen LogP contribution in [0.2, 0.25) is 0 Å². The van der Waals surface area contributed by atoms with E-state index in [0.29, 0.717) is 0 Å². The maximum absolute atomic E-state index is 3.63. The van der Waals surface area contributed by atoms with E-state index in [2.05, 4.69) is 52.3 Å². The molecular weight excluding hydrogens is 409 g/mol. The van der Waals surface area contributed by atoms with E-state index in [1.807, 2.05) is 11.8 Å². The molecule has 0 radical (unpaired) electrons. The monoisotopic (exact) mass is 437 g/mol. The van der Waals surface area contributed by atoms with E-state index in [0.717, 1.165) is 12.1 Å². The zero-order valence-corrected chi connectivity index (χ0v) is 18.4. The van der Waals surface area contributed by atoms with Crippen LogP contribution in [0.3, 0.4) is 0 Å². The first kappa shape index (κ1) is 21.8. The molecular formula is C22H29Cl2N3S. The Morgan fingerprint density at radius 2 is 1.11 bits per heavy atom. The second-order valence-electron chi connectivity index (χ2n) is 8.16. The molecule has 0 unspecified atom stereocenters. The van der Waals surface area contributed by atoms with Gasteiger partial charge in [0, 0.05) is 34.1 Å². The van der Waals surface area contributed by atoms with Gasteiger partial charge in [0.1, 0.15) is 11.4 Å². The fraction of sp³-hybridized carbons (Fsp3) is 0.455. The average Bonchev–Trinajstić information content (AvgIpc) is 3.34. The minimum Gasteiger partial charge on any atom is -1.00 e. The first-order valence-electron chi connectivity index (χ1n) is 10.3. The van der Waals surface area contributed by atoms with Gasteiger partial charge in [-0.15, -0.1) is 0 Å². The van der Waals surface area contributed by atoms with Crippen LogP contribution in [0.1, 0.15) is 51.4 Å². The van der Waals surface area contributed by atoms with Gasteiger partial charge in [-0.2, -0.15) is 0 Å². The molecule has 5 N–H and O–H groups in total. The van der Waals surface area contributed by atoms with Crippen molar-refractivity contribution in [2.45, 2.75) is 73.2 Å². The van der Waals surface area contributed by atoms with Gasteiger partial charge in [0.25, 0.3) is 0 Å². The van der Waals surface area contributed by atoms with Gasteiger partial charge >= 0.3 is 0 Å². The maximum atomic E-state index is 3.63. The topological polar surface area (TPSA) is 45.2 Å². The molecule has 0 aromatic heterocycles. The Morgan fingerprint density at radius 3 is 1.54 bits per heavy atom. The van der Waals surface area contributed by atoms with Crippen molar-refractivity contribution in [2.75, 3.05) is 5.32 Å². The highest BCUT2D eigenvalue weighted by Crippen LogP contribution is 2.45. The van der Waals surface area contributed by atoms with Gasteiger partial charge < -0.3 is 40.8 Å². The van der Waals surface area contributed by atoms with Crippen molar-refractivity contribution >= 4 is 34.5 Å². The molecule has 3 aliphatic rings. The zero-order chi connectivity index (χ0) is 17.3. The minimum absolute atomic E-state index is 0. The molecule has 6 heteroatoms. The van der Waals surface area contributed by atoms with E-state index in [9.17, 15) is 0 Å². The number of nitrogens with one attached hydrogen (secondary N) is 1. The highest BCUT2D eigenvalue weighted by atomic mass is 35.5. The van der Waals surface area contributed by atoms with E-state index < -0.39 is 0 Å². The number of benzene rings is 2. The number of halogens is 2. The molecule has 2 aliphatic carbocycles. The van der Waals surface area contributed by atoms with Crippen molar-refractivity contribution in [1.82, 2.24) is 0 Å². The molecule has 0 amide bonds. The predicted octanol–water partition coefficient (Wildman–Crippen LogP) is -1.82. The van der Waals surface area contributed by atoms with Crippen molar-refractivity contribution in [2.24, 2.45) is 0 Å². The lowest BCUT2D eigenvalue weighted by Crippen LogP contribution is -3.00. The predicted molar refractivity (Wildman–Crippen MR) is 108 cm³/mol. The smallest absolute Gasteiger partial charge is 0.131 e. The summed E-state index contributed by atoms with van der Waals surface area (Å²) in [5, 5.41) is 8.62. The molecule has 2 aromatic carbocycles. The van der Waals surface area contributed by atoms with Crippen molar-refractivity contribution in [1.29, 1.82) is 0 Å². The van der Waals surface area contributed by atoms with Crippen molar-refractivity contribution in [3.63, 3.8) is 0 Å². The second-order valence-corrected chi connectivity index (χ2v) is 9.24. The van der Waals surface area contributed by atoms with E-state index >= 15 is 0 Å². The molecule has 0 atom stereocenters. The summed E-state index contributed by atoms with van der Waals surface area (Å²) in [6.45, 7) is 0. The molecule has 0 bridgehead atoms. The number of fused-ring (bicyclic) bond motifs is 2. The van der Waals surface area contributed by atoms with Crippen LogP contribution >= 0.6 is 11.8 Å². The molecule has 1 aliphatic heterocycles. The summed E-state index contributed by atoms with van der Waals surface area (Å²) < 4.78 is 0. The third kappa shape index (κ3) is 4.80. The molecule has 1 heterocycles. The zero-order valence-electron chi connectivity index (χ0n) is 16.1. The molecule has 152 valence electrons. The summed E-state index contributed by atoms with van der Waals surface area (Å²) in [7, 11) is 0. The average molecular weight is 438 g/mol. The third-order valence-corrected chi connectivity index (χ3v) is 7.27. The highest BCUT2D eigenvalue weighted by molar-refractivity contribution is 7.99. The number of nitrogens with two attached hydrogens (primary N) is 2. The molecule has 2 saturated carbocycles. The van der Waals surface area contributed by atoms with Crippen LogP contribution in [-0.2, 0) is 0 Å². The summed E-state index contributed by atoms with van der Waals surface area (Å²) >= 11 is 1.92. The lowest BCUT2D eigenvalue weighted by molar-refractivity contribution is -0.609. The Bertz CT molecular complexity index is 737. The van der Waals surface area contributed by atoms with Crippen LogP contribution in [0.15, 0.2) is 46.2 Å². The molecule has 5 rings (SSSR count). The fourth-order valence-electron chi connectivity index (χ4n) is 4.72. The van der Waals surface area contributed by atoms with Gasteiger partial charge in [0.05, 0.1) is 23.5 Å². The molecule has 28 heavy (non-hydrogen) atoms. The molecule has 0 spiro atoms. The Hall–Kier alpha value is -0.910. The van der Waals surface area contributed by atoms with Gasteiger partial charge in [-0.1, -0.05) is 11.8 Å². The van der Waals surface area contributed by atoms with Crippen LogP contribution in [0.4, 0.5) is 22.7 Å². The number of hydrogen-bond donors (Lipinski definition) is 3. The summed E-state index contributed by atoms with van der Waals surface area (Å²) in [5.74, 6) is 0. The first-order chi connectivity index (χ1) is 12.8. The van der Waals surface area contributed by atoms with E-state index in [1.165, 1.54) is 83.9 Å². The van der Waals surface area contributed by atoms with Crippen molar-refractivity contribution < 1.29 is 35.4 Å². The molecule has 2 fully saturated rings. The van der Waals surface area contributed by atoms with E-state index in [4.69, 9.17) is 0 Å². The van der Waals surface area contributed by atoms with Crippen molar-refractivity contribution in [3.05, 3.63) is 36.4 Å². The summed E-state index contributed by atoms with van der Waals surface area (Å²) in [4.78, 5) is 2.73. The Labute approximate surface area is 184 Å². The number of hydrogen-bond acceptors (Lipinski definition) is 2. The van der Waals surface area contributed by atoms with Crippen LogP contribution in [0.25, 0.3) is 0 Å². The first-order valence-corrected chi connectivity index (χ1v) is 11.1. The number of anilines is 2. The SMILES string of the molecule is [Cl-].[Cl-].c1cc2c(cc1[NH2+]C1CCCC1)Sc1cc([NH2+]C3CCCC3)ccc1N2. The van der Waals surface area contributed by atoms with Gasteiger partial charge in [-0.25, -0.2) is 0 Å². The van der Waals surface area contributed by atoms with Crippen LogP contribution in [0, 0.1) is 0 Å². The fourth-order valence-corrected chi connectivity index (χ4v) is 5.80. The van der Waals surface area contributed by atoms with Crippen molar-refractivity contribution in [3.8, 4) is 0 Å². The quantitative estimate of drug-likeness (QED) is 0.420. The van der Waals surface area contributed by atoms with Gasteiger partial charge in [0.2, 0.25) is 0 Å². The lowest BCUT2D eigenvalue weighted by Gasteiger charge is -2.22. The maximum Gasteiger partial charge on any atom is 0.131 e. The van der Waals surface area contributed by atoms with Gasteiger partial charge in [0.15, 0.2) is 0 Å². The molecule has 3 nitrogen and oxygen atoms in total. The van der Waals surface area contributed by atoms with E-state index in [1.54, 1.807) is 0 Å². The van der Waals surface area contributed by atoms with Crippen LogP contribution in [0.5, 0.6) is 0 Å². The van der Waals surface area contributed by atoms with Gasteiger partial charge in [-0.3, -0.25) is 0 Å². The third-order valence-electron chi connectivity index (χ3n) is 6.16. The summed E-state index contributed by atoms with van der Waals surface area (Å²) in [6.07, 6.45) is 11.1. The normalized spacial score (nSPS) is 18.6. The minimum atomic E-state index is 0.